The summed E-state index contributed by atoms with van der Waals surface area (Å²) in [4.78, 5) is 53.5. The zero-order valence-electron chi connectivity index (χ0n) is 23.9. The molecule has 212 valence electrons. The van der Waals surface area contributed by atoms with Gasteiger partial charge in [0.2, 0.25) is 11.8 Å². The lowest BCUT2D eigenvalue weighted by molar-refractivity contribution is -0.144. The number of amides is 3. The van der Waals surface area contributed by atoms with E-state index in [4.69, 9.17) is 4.74 Å². The number of piperidine rings is 1. The van der Waals surface area contributed by atoms with Gasteiger partial charge in [-0.05, 0) is 51.0 Å². The number of nitrogens with one attached hydrogen (secondary N) is 2. The van der Waals surface area contributed by atoms with Crippen LogP contribution >= 0.6 is 0 Å². The van der Waals surface area contributed by atoms with Gasteiger partial charge in [-0.15, -0.1) is 0 Å². The summed E-state index contributed by atoms with van der Waals surface area (Å²) in [7, 11) is 0. The minimum atomic E-state index is -1.10. The van der Waals surface area contributed by atoms with Gasteiger partial charge in [0.05, 0.1) is 5.41 Å². The molecule has 1 heterocycles. The summed E-state index contributed by atoms with van der Waals surface area (Å²) in [6, 6.07) is 7.45. The maximum absolute atomic E-state index is 14.0. The number of carbonyl (C=O) groups excluding carboxylic acids is 3. The minimum absolute atomic E-state index is 0.222. The van der Waals surface area contributed by atoms with E-state index in [9.17, 15) is 24.3 Å². The topological polar surface area (TPSA) is 125 Å². The summed E-state index contributed by atoms with van der Waals surface area (Å²) in [6.45, 7) is 13.5. The van der Waals surface area contributed by atoms with Crippen molar-refractivity contribution in [1.82, 2.24) is 15.5 Å². The van der Waals surface area contributed by atoms with E-state index in [1.165, 1.54) is 0 Å². The van der Waals surface area contributed by atoms with Crippen LogP contribution in [0.4, 0.5) is 4.79 Å². The number of carboxylic acids is 1. The molecule has 4 atom stereocenters. The highest BCUT2D eigenvalue weighted by Crippen LogP contribution is 2.37. The zero-order valence-corrected chi connectivity index (χ0v) is 23.9. The van der Waals surface area contributed by atoms with E-state index in [0.29, 0.717) is 38.8 Å². The Balaban J connectivity index is 2.32. The number of benzene rings is 1. The van der Waals surface area contributed by atoms with Gasteiger partial charge in [-0.1, -0.05) is 70.9 Å². The fourth-order valence-electron chi connectivity index (χ4n) is 4.71. The lowest BCUT2D eigenvalue weighted by atomic mass is 9.71. The third-order valence-electron chi connectivity index (χ3n) is 7.59. The first-order valence-corrected chi connectivity index (χ1v) is 13.6. The molecule has 1 saturated heterocycles. The molecule has 9 nitrogen and oxygen atoms in total. The van der Waals surface area contributed by atoms with Crippen molar-refractivity contribution in [2.24, 2.45) is 11.8 Å². The van der Waals surface area contributed by atoms with Crippen LogP contribution in [0.25, 0.3) is 0 Å². The van der Waals surface area contributed by atoms with Crippen molar-refractivity contribution in [2.75, 3.05) is 13.1 Å². The Morgan fingerprint density at radius 1 is 0.947 bits per heavy atom. The van der Waals surface area contributed by atoms with Crippen molar-refractivity contribution in [3.8, 4) is 0 Å². The average molecular weight is 532 g/mol. The molecule has 3 N–H and O–H groups in total. The molecule has 0 unspecified atom stereocenters. The standard InChI is InChI=1S/C29H45N3O6/c1-8-19(3)22(24(33)30-23(25(34)35)20(4)9-2)31-26(36)29(21-13-11-10-12-14-21)15-17-32(18-16-29)27(37)38-28(5,6)7/h10-14,19-20,22-23H,8-9,15-18H2,1-7H3,(H,30,33)(H,31,36)(H,34,35)/t19-,20+,22-,23-/m0/s1. The van der Waals surface area contributed by atoms with Gasteiger partial charge in [-0.2, -0.15) is 0 Å². The quantitative estimate of drug-likeness (QED) is 0.417. The number of aliphatic carboxylic acids is 1. The summed E-state index contributed by atoms with van der Waals surface area (Å²) in [5, 5.41) is 15.3. The number of likely N-dealkylation sites (tertiary alicyclic amines) is 1. The second-order valence-electron chi connectivity index (χ2n) is 11.5. The minimum Gasteiger partial charge on any atom is -0.480 e. The first-order chi connectivity index (χ1) is 17.8. The van der Waals surface area contributed by atoms with Gasteiger partial charge in [-0.25, -0.2) is 9.59 Å². The lowest BCUT2D eigenvalue weighted by Gasteiger charge is -2.42. The normalized spacial score (nSPS) is 18.4. The maximum Gasteiger partial charge on any atom is 0.410 e. The van der Waals surface area contributed by atoms with Crippen molar-refractivity contribution < 1.29 is 29.0 Å². The van der Waals surface area contributed by atoms with Crippen LogP contribution in [0.3, 0.4) is 0 Å². The van der Waals surface area contributed by atoms with E-state index in [1.807, 2.05) is 71.9 Å². The highest BCUT2D eigenvalue weighted by Gasteiger charge is 2.46. The molecular weight excluding hydrogens is 486 g/mol. The van der Waals surface area contributed by atoms with Gasteiger partial charge in [0, 0.05) is 13.1 Å². The molecule has 0 spiro atoms. The SMILES string of the molecule is CC[C@@H](C)[C@H](NC(=O)[C@@H](NC(=O)C1(c2ccccc2)CCN(C(=O)OC(C)(C)C)CC1)[C@@H](C)CC)C(=O)O. The van der Waals surface area contributed by atoms with Gasteiger partial charge < -0.3 is 25.4 Å². The summed E-state index contributed by atoms with van der Waals surface area (Å²) >= 11 is 0. The molecule has 1 aromatic rings. The Morgan fingerprint density at radius 2 is 1.47 bits per heavy atom. The predicted octanol–water partition coefficient (Wildman–Crippen LogP) is 4.10. The van der Waals surface area contributed by atoms with E-state index in [-0.39, 0.29) is 17.7 Å². The number of carbonyl (C=O) groups is 4. The molecule has 0 radical (unpaired) electrons. The largest absolute Gasteiger partial charge is 0.480 e. The molecule has 38 heavy (non-hydrogen) atoms. The van der Waals surface area contributed by atoms with E-state index in [1.54, 1.807) is 11.8 Å². The van der Waals surface area contributed by atoms with Crippen LogP contribution in [0.15, 0.2) is 30.3 Å². The number of carboxylic acid groups (broad SMARTS) is 1. The monoisotopic (exact) mass is 531 g/mol. The van der Waals surface area contributed by atoms with Crippen LogP contribution in [0.1, 0.15) is 79.7 Å². The van der Waals surface area contributed by atoms with Crippen LogP contribution in [0.5, 0.6) is 0 Å². The number of rotatable bonds is 10. The molecule has 0 bridgehead atoms. The molecule has 1 aliphatic heterocycles. The Labute approximate surface area is 226 Å². The Hall–Kier alpha value is -3.10. The van der Waals surface area contributed by atoms with E-state index >= 15 is 0 Å². The number of ether oxygens (including phenoxy) is 1. The van der Waals surface area contributed by atoms with Crippen LogP contribution in [0, 0.1) is 11.8 Å². The molecule has 0 aromatic heterocycles. The number of nitrogens with zero attached hydrogens (tertiary/aromatic N) is 1. The van der Waals surface area contributed by atoms with Gasteiger partial charge >= 0.3 is 12.1 Å². The van der Waals surface area contributed by atoms with Crippen LogP contribution < -0.4 is 10.6 Å². The first-order valence-electron chi connectivity index (χ1n) is 13.6. The third kappa shape index (κ3) is 7.71. The second-order valence-corrected chi connectivity index (χ2v) is 11.5. The molecule has 1 aromatic carbocycles. The van der Waals surface area contributed by atoms with Crippen molar-refractivity contribution in [1.29, 1.82) is 0 Å². The fourth-order valence-corrected chi connectivity index (χ4v) is 4.71. The summed E-state index contributed by atoms with van der Waals surface area (Å²) in [5.74, 6) is -2.40. The van der Waals surface area contributed by atoms with Gasteiger partial charge in [0.15, 0.2) is 0 Å². The van der Waals surface area contributed by atoms with Crippen LogP contribution in [-0.2, 0) is 24.5 Å². The van der Waals surface area contributed by atoms with Crippen LogP contribution in [0.2, 0.25) is 0 Å². The molecule has 0 saturated carbocycles. The molecule has 3 amide bonds. The maximum atomic E-state index is 14.0. The number of hydrogen-bond donors (Lipinski definition) is 3. The lowest BCUT2D eigenvalue weighted by Crippen LogP contribution is -2.60. The van der Waals surface area contributed by atoms with Gasteiger partial charge in [-0.3, -0.25) is 9.59 Å². The number of hydrogen-bond acceptors (Lipinski definition) is 5. The van der Waals surface area contributed by atoms with Crippen molar-refractivity contribution in [2.45, 2.75) is 97.2 Å². The van der Waals surface area contributed by atoms with Crippen molar-refractivity contribution in [3.63, 3.8) is 0 Å². The molecule has 1 fully saturated rings. The van der Waals surface area contributed by atoms with Crippen molar-refractivity contribution >= 4 is 23.9 Å². The Bertz CT molecular complexity index is 966. The van der Waals surface area contributed by atoms with E-state index in [2.05, 4.69) is 10.6 Å². The highest BCUT2D eigenvalue weighted by molar-refractivity contribution is 5.94. The molecular formula is C29H45N3O6. The molecule has 0 aliphatic carbocycles. The van der Waals surface area contributed by atoms with E-state index < -0.39 is 41.1 Å². The average Bonchev–Trinajstić information content (AvgIpc) is 2.88. The smallest absolute Gasteiger partial charge is 0.410 e. The Morgan fingerprint density at radius 3 is 1.95 bits per heavy atom. The predicted molar refractivity (Wildman–Crippen MR) is 146 cm³/mol. The fraction of sp³-hybridized carbons (Fsp3) is 0.655. The van der Waals surface area contributed by atoms with Gasteiger partial charge in [0.25, 0.3) is 0 Å². The summed E-state index contributed by atoms with van der Waals surface area (Å²) < 4.78 is 5.52. The molecule has 9 heteroatoms. The summed E-state index contributed by atoms with van der Waals surface area (Å²) in [6.07, 6.45) is 1.51. The molecule has 1 aliphatic rings. The Kier molecular flexibility index (Phi) is 10.7. The second kappa shape index (κ2) is 13.1. The van der Waals surface area contributed by atoms with Crippen molar-refractivity contribution in [3.05, 3.63) is 35.9 Å². The third-order valence-corrected chi connectivity index (χ3v) is 7.59. The van der Waals surface area contributed by atoms with Gasteiger partial charge in [0.1, 0.15) is 17.7 Å². The van der Waals surface area contributed by atoms with Crippen LogP contribution in [-0.4, -0.2) is 64.7 Å². The molecule has 2 rings (SSSR count). The summed E-state index contributed by atoms with van der Waals surface area (Å²) in [5.41, 5.74) is -0.760. The highest BCUT2D eigenvalue weighted by atomic mass is 16.6. The zero-order chi connectivity index (χ0) is 28.7. The first kappa shape index (κ1) is 31.1. The van der Waals surface area contributed by atoms with E-state index in [0.717, 1.165) is 5.56 Å².